The van der Waals surface area contributed by atoms with Crippen LogP contribution in [0.2, 0.25) is 0 Å². The second-order valence-electron chi connectivity index (χ2n) is 8.81. The number of aromatic nitrogens is 3. The Morgan fingerprint density at radius 1 is 1.22 bits per heavy atom. The van der Waals surface area contributed by atoms with Gasteiger partial charge in [-0.2, -0.15) is 0 Å². The minimum Gasteiger partial charge on any atom is -0.486 e. The van der Waals surface area contributed by atoms with Crippen LogP contribution in [0.25, 0.3) is 0 Å². The van der Waals surface area contributed by atoms with Gasteiger partial charge in [0.05, 0.1) is 18.4 Å². The van der Waals surface area contributed by atoms with E-state index in [-0.39, 0.29) is 11.7 Å². The van der Waals surface area contributed by atoms with Crippen LogP contribution in [-0.4, -0.2) is 39.5 Å². The highest BCUT2D eigenvalue weighted by Gasteiger charge is 2.29. The van der Waals surface area contributed by atoms with E-state index in [2.05, 4.69) is 41.5 Å². The van der Waals surface area contributed by atoms with Crippen LogP contribution < -0.4 is 10.1 Å². The molecule has 1 amide bonds. The van der Waals surface area contributed by atoms with Gasteiger partial charge in [0.25, 0.3) is 0 Å². The number of benzene rings is 1. The van der Waals surface area contributed by atoms with Crippen molar-refractivity contribution in [3.63, 3.8) is 0 Å². The van der Waals surface area contributed by atoms with Crippen LogP contribution in [0.3, 0.4) is 0 Å². The minimum absolute atomic E-state index is 0.150. The summed E-state index contributed by atoms with van der Waals surface area (Å²) in [4.78, 5) is 26.5. The third kappa shape index (κ3) is 5.92. The van der Waals surface area contributed by atoms with E-state index in [9.17, 15) is 9.59 Å². The van der Waals surface area contributed by atoms with Gasteiger partial charge in [0, 0.05) is 11.4 Å². The van der Waals surface area contributed by atoms with Crippen molar-refractivity contribution in [1.82, 2.24) is 14.8 Å². The smallest absolute Gasteiger partial charge is 0.341 e. The lowest BCUT2D eigenvalue weighted by molar-refractivity contribution is -0.113. The van der Waals surface area contributed by atoms with Crippen LogP contribution in [0.5, 0.6) is 5.75 Å². The molecule has 0 radical (unpaired) electrons. The molecule has 1 aromatic carbocycles. The number of methoxy groups -OCH3 is 1. The van der Waals surface area contributed by atoms with Gasteiger partial charge in [-0.15, -0.1) is 21.5 Å². The minimum atomic E-state index is -0.398. The van der Waals surface area contributed by atoms with Crippen molar-refractivity contribution < 1.29 is 19.1 Å². The molecule has 10 heteroatoms. The number of carbonyl (C=O) groups excluding carboxylic acids is 2. The molecule has 8 nitrogen and oxygen atoms in total. The van der Waals surface area contributed by atoms with Crippen molar-refractivity contribution >= 4 is 40.0 Å². The fourth-order valence-electron chi connectivity index (χ4n) is 4.27. The Labute approximate surface area is 219 Å². The molecule has 1 N–H and O–H groups in total. The summed E-state index contributed by atoms with van der Waals surface area (Å²) in [6.07, 6.45) is 3.76. The summed E-state index contributed by atoms with van der Waals surface area (Å²) >= 11 is 2.80. The van der Waals surface area contributed by atoms with E-state index >= 15 is 0 Å². The van der Waals surface area contributed by atoms with E-state index in [1.54, 1.807) is 0 Å². The van der Waals surface area contributed by atoms with Crippen molar-refractivity contribution in [2.75, 3.05) is 18.2 Å². The van der Waals surface area contributed by atoms with Gasteiger partial charge in [-0.25, -0.2) is 4.79 Å². The summed E-state index contributed by atoms with van der Waals surface area (Å²) in [6, 6.07) is 8.01. The number of amides is 1. The van der Waals surface area contributed by atoms with Crippen LogP contribution in [0.1, 0.15) is 59.4 Å². The zero-order valence-corrected chi connectivity index (χ0v) is 22.8. The largest absolute Gasteiger partial charge is 0.486 e. The maximum atomic E-state index is 12.8. The molecule has 2 heterocycles. The fraction of sp³-hybridized carbons (Fsp3) is 0.462. The average Bonchev–Trinajstić information content (AvgIpc) is 3.45. The molecule has 0 aliphatic heterocycles. The predicted octanol–water partition coefficient (Wildman–Crippen LogP) is 5.14. The van der Waals surface area contributed by atoms with Gasteiger partial charge in [0.15, 0.2) is 11.0 Å². The van der Waals surface area contributed by atoms with Crippen molar-refractivity contribution in [2.24, 2.45) is 5.92 Å². The Bertz CT molecular complexity index is 1220. The number of anilines is 1. The number of nitrogens with one attached hydrogen (secondary N) is 1. The van der Waals surface area contributed by atoms with Gasteiger partial charge < -0.3 is 19.4 Å². The quantitative estimate of drug-likeness (QED) is 0.287. The molecule has 3 aromatic rings. The average molecular weight is 529 g/mol. The molecule has 0 fully saturated rings. The van der Waals surface area contributed by atoms with Crippen LogP contribution in [-0.2, 0) is 41.9 Å². The Balaban J connectivity index is 1.39. The number of carbonyl (C=O) groups is 2. The van der Waals surface area contributed by atoms with E-state index in [1.165, 1.54) is 35.8 Å². The molecule has 1 aliphatic carbocycles. The lowest BCUT2D eigenvalue weighted by atomic mass is 9.88. The first-order chi connectivity index (χ1) is 17.4. The normalized spacial score (nSPS) is 14.8. The van der Waals surface area contributed by atoms with Crippen LogP contribution in [0.15, 0.2) is 29.4 Å². The van der Waals surface area contributed by atoms with Gasteiger partial charge in [0.2, 0.25) is 5.91 Å². The number of rotatable bonds is 10. The first-order valence-corrected chi connectivity index (χ1v) is 14.0. The van der Waals surface area contributed by atoms with Crippen molar-refractivity contribution in [1.29, 1.82) is 0 Å². The number of hydrogen-bond donors (Lipinski definition) is 1. The number of fused-ring (bicyclic) bond motifs is 1. The number of aryl methyl sites for hydroxylation is 1. The van der Waals surface area contributed by atoms with Gasteiger partial charge in [-0.3, -0.25) is 4.79 Å². The topological polar surface area (TPSA) is 95.3 Å². The van der Waals surface area contributed by atoms with Gasteiger partial charge in [-0.05, 0) is 61.8 Å². The number of thiophene rings is 1. The first-order valence-electron chi connectivity index (χ1n) is 12.2. The Morgan fingerprint density at radius 2 is 2.00 bits per heavy atom. The lowest BCUT2D eigenvalue weighted by Crippen LogP contribution is -2.17. The number of ether oxygens (including phenoxy) is 2. The Morgan fingerprint density at radius 3 is 2.69 bits per heavy atom. The Kier molecular flexibility index (Phi) is 8.68. The standard InChI is InChI=1S/C26H32N4O4S2/c1-5-17-8-10-18(11-9-17)34-14-21-28-29-26(30(21)6-2)35-15-22(31)27-24-23(25(32)33-4)19-12-7-16(3)13-20(19)36-24/h8-11,16H,5-7,12-15H2,1-4H3,(H,27,31). The second-order valence-corrected chi connectivity index (χ2v) is 10.9. The molecule has 36 heavy (non-hydrogen) atoms. The zero-order chi connectivity index (χ0) is 25.7. The molecule has 1 unspecified atom stereocenters. The highest BCUT2D eigenvalue weighted by molar-refractivity contribution is 7.99. The summed E-state index contributed by atoms with van der Waals surface area (Å²) < 4.78 is 12.9. The van der Waals surface area contributed by atoms with Gasteiger partial charge >= 0.3 is 5.97 Å². The first kappa shape index (κ1) is 26.2. The maximum absolute atomic E-state index is 12.8. The maximum Gasteiger partial charge on any atom is 0.341 e. The summed E-state index contributed by atoms with van der Waals surface area (Å²) in [7, 11) is 1.37. The molecule has 1 atom stereocenters. The molecule has 0 spiro atoms. The molecule has 2 aromatic heterocycles. The highest BCUT2D eigenvalue weighted by atomic mass is 32.2. The van der Waals surface area contributed by atoms with E-state index in [0.29, 0.717) is 40.6 Å². The molecule has 192 valence electrons. The summed E-state index contributed by atoms with van der Waals surface area (Å²) in [5, 5.41) is 12.7. The molecular weight excluding hydrogens is 496 g/mol. The molecule has 0 bridgehead atoms. The summed E-state index contributed by atoms with van der Waals surface area (Å²) in [5.74, 6) is 1.60. The van der Waals surface area contributed by atoms with Crippen LogP contribution in [0, 0.1) is 5.92 Å². The third-order valence-electron chi connectivity index (χ3n) is 6.30. The van der Waals surface area contributed by atoms with E-state index in [4.69, 9.17) is 9.47 Å². The van der Waals surface area contributed by atoms with Crippen LogP contribution in [0.4, 0.5) is 5.00 Å². The number of thioether (sulfide) groups is 1. The number of nitrogens with zero attached hydrogens (tertiary/aromatic N) is 3. The van der Waals surface area contributed by atoms with Gasteiger partial charge in [0.1, 0.15) is 17.4 Å². The molecule has 0 saturated heterocycles. The SMILES string of the molecule is CCc1ccc(OCc2nnc(SCC(=O)Nc3sc4c(c3C(=O)OC)CCC(C)C4)n2CC)cc1. The zero-order valence-electron chi connectivity index (χ0n) is 21.1. The fourth-order valence-corrected chi connectivity index (χ4v) is 6.51. The third-order valence-corrected chi connectivity index (χ3v) is 8.43. The molecule has 0 saturated carbocycles. The summed E-state index contributed by atoms with van der Waals surface area (Å²) in [6.45, 7) is 7.28. The summed E-state index contributed by atoms with van der Waals surface area (Å²) in [5.41, 5.74) is 2.78. The van der Waals surface area contributed by atoms with Gasteiger partial charge in [-0.1, -0.05) is 37.7 Å². The Hall–Kier alpha value is -2.85. The van der Waals surface area contributed by atoms with Crippen molar-refractivity contribution in [3.8, 4) is 5.75 Å². The van der Waals surface area contributed by atoms with E-state index in [1.807, 2.05) is 23.6 Å². The molecule has 1 aliphatic rings. The number of esters is 1. The van der Waals surface area contributed by atoms with Crippen molar-refractivity contribution in [2.45, 2.75) is 64.8 Å². The predicted molar refractivity (Wildman–Crippen MR) is 142 cm³/mol. The second kappa shape index (κ2) is 11.9. The molecule has 4 rings (SSSR count). The molecular formula is C26H32N4O4S2. The monoisotopic (exact) mass is 528 g/mol. The number of hydrogen-bond acceptors (Lipinski definition) is 8. The van der Waals surface area contributed by atoms with Crippen molar-refractivity contribution in [3.05, 3.63) is 51.7 Å². The lowest BCUT2D eigenvalue weighted by Gasteiger charge is -2.18. The van der Waals surface area contributed by atoms with Crippen LogP contribution >= 0.6 is 23.1 Å². The van der Waals surface area contributed by atoms with E-state index in [0.717, 1.165) is 41.9 Å². The van der Waals surface area contributed by atoms with E-state index < -0.39 is 5.97 Å². The highest BCUT2D eigenvalue weighted by Crippen LogP contribution is 2.40.